The Kier molecular flexibility index (Phi) is 5.77. The number of carbonyl (C=O) groups excluding carboxylic acids is 1. The van der Waals surface area contributed by atoms with Crippen LogP contribution in [0.25, 0.3) is 27.0 Å². The lowest BCUT2D eigenvalue weighted by Gasteiger charge is -2.30. The lowest BCUT2D eigenvalue weighted by molar-refractivity contribution is -0.133. The van der Waals surface area contributed by atoms with Crippen molar-refractivity contribution in [3.63, 3.8) is 0 Å². The van der Waals surface area contributed by atoms with E-state index in [-0.39, 0.29) is 18.0 Å². The van der Waals surface area contributed by atoms with E-state index in [1.165, 1.54) is 11.3 Å². The van der Waals surface area contributed by atoms with Crippen molar-refractivity contribution in [2.45, 2.75) is 26.3 Å². The minimum Gasteiger partial charge on any atom is -0.341 e. The topological polar surface area (TPSA) is 46.7 Å². The van der Waals surface area contributed by atoms with Gasteiger partial charge in [-0.3, -0.25) is 18.6 Å². The molecule has 2 aromatic carbocycles. The Labute approximate surface area is 203 Å². The summed E-state index contributed by atoms with van der Waals surface area (Å²) in [6.07, 6.45) is 2.00. The fourth-order valence-electron chi connectivity index (χ4n) is 4.34. The van der Waals surface area contributed by atoms with Crippen molar-refractivity contribution in [3.8, 4) is 10.4 Å². The maximum atomic E-state index is 13.6. The van der Waals surface area contributed by atoms with E-state index in [0.717, 1.165) is 46.4 Å². The van der Waals surface area contributed by atoms with Crippen molar-refractivity contribution < 1.29 is 4.79 Å². The van der Waals surface area contributed by atoms with Gasteiger partial charge in [0.1, 0.15) is 12.2 Å². The molecule has 1 fully saturated rings. The second kappa shape index (κ2) is 8.57. The number of likely N-dealkylation sites (tertiary alicyclic amines) is 1. The molecule has 1 aliphatic heterocycles. The van der Waals surface area contributed by atoms with E-state index < -0.39 is 0 Å². The molecule has 4 aromatic rings. The van der Waals surface area contributed by atoms with E-state index in [0.29, 0.717) is 20.9 Å². The molecular weight excluding hydrogens is 506 g/mol. The molecule has 2 aromatic heterocycles. The molecule has 0 spiro atoms. The number of aromatic nitrogens is 2. The average Bonchev–Trinajstić information content (AvgIpc) is 3.14. The fraction of sp³-hybridized carbons (Fsp3) is 0.292. The van der Waals surface area contributed by atoms with Gasteiger partial charge in [-0.25, -0.2) is 0 Å². The highest BCUT2D eigenvalue weighted by atomic mass is 79.9. The van der Waals surface area contributed by atoms with E-state index in [9.17, 15) is 9.59 Å². The van der Waals surface area contributed by atoms with Gasteiger partial charge in [-0.2, -0.15) is 0 Å². The number of hydrogen-bond donors (Lipinski definition) is 0. The molecule has 164 valence electrons. The zero-order chi connectivity index (χ0) is 22.4. The fourth-order valence-corrected chi connectivity index (χ4v) is 6.04. The maximum absolute atomic E-state index is 13.6. The number of halogens is 1. The van der Waals surface area contributed by atoms with E-state index in [1.807, 2.05) is 51.8 Å². The zero-order valence-electron chi connectivity index (χ0n) is 17.6. The molecular formula is C24H22BrN3O2S2. The Hall–Kier alpha value is -2.29. The predicted molar refractivity (Wildman–Crippen MR) is 136 cm³/mol. The SMILES string of the molecule is CC1CCN(C(=O)Cn2c(=O)c3ccccc3n3c(=S)sc(-c4ccc(Br)cc4)c23)CC1. The number of carbonyl (C=O) groups is 1. The smallest absolute Gasteiger partial charge is 0.262 e. The summed E-state index contributed by atoms with van der Waals surface area (Å²) in [5.41, 5.74) is 2.26. The number of para-hydroxylation sites is 1. The Morgan fingerprint density at radius 2 is 1.81 bits per heavy atom. The molecule has 1 amide bonds. The number of benzene rings is 2. The Morgan fingerprint density at radius 3 is 2.53 bits per heavy atom. The molecule has 3 heterocycles. The number of hydrogen-bond acceptors (Lipinski definition) is 4. The summed E-state index contributed by atoms with van der Waals surface area (Å²) in [5.74, 6) is 0.614. The standard InChI is InChI=1S/C24H22BrN3O2S2/c1-15-10-12-26(13-11-15)20(29)14-27-22-21(16-6-8-17(25)9-7-16)32-24(31)28(22)19-5-3-2-4-18(19)23(27)30/h2-9,15H,10-14H2,1H3. The molecule has 0 saturated carbocycles. The number of rotatable bonds is 3. The maximum Gasteiger partial charge on any atom is 0.262 e. The summed E-state index contributed by atoms with van der Waals surface area (Å²) in [6.45, 7) is 3.72. The summed E-state index contributed by atoms with van der Waals surface area (Å²) < 4.78 is 5.19. The largest absolute Gasteiger partial charge is 0.341 e. The monoisotopic (exact) mass is 527 g/mol. The van der Waals surface area contributed by atoms with E-state index in [1.54, 1.807) is 10.6 Å². The van der Waals surface area contributed by atoms with Crippen LogP contribution in [0.3, 0.4) is 0 Å². The van der Waals surface area contributed by atoms with Crippen LogP contribution in [-0.4, -0.2) is 32.9 Å². The highest BCUT2D eigenvalue weighted by molar-refractivity contribution is 9.10. The summed E-state index contributed by atoms with van der Waals surface area (Å²) in [5, 5.41) is 0.566. The molecule has 5 nitrogen and oxygen atoms in total. The Morgan fingerprint density at radius 1 is 1.12 bits per heavy atom. The van der Waals surface area contributed by atoms with Gasteiger partial charge in [0, 0.05) is 17.6 Å². The molecule has 0 atom stereocenters. The van der Waals surface area contributed by atoms with E-state index >= 15 is 0 Å². The third-order valence-corrected chi connectivity index (χ3v) is 8.14. The first-order valence-corrected chi connectivity index (χ1v) is 12.7. The molecule has 0 N–H and O–H groups in total. The van der Waals surface area contributed by atoms with Gasteiger partial charge in [0.05, 0.1) is 15.8 Å². The molecule has 5 rings (SSSR count). The number of fused-ring (bicyclic) bond motifs is 3. The molecule has 0 unspecified atom stereocenters. The van der Waals surface area contributed by atoms with Gasteiger partial charge in [0.25, 0.3) is 5.56 Å². The molecule has 8 heteroatoms. The average molecular weight is 528 g/mol. The quantitative estimate of drug-likeness (QED) is 0.319. The molecule has 1 saturated heterocycles. The third kappa shape index (κ3) is 3.74. The first-order chi connectivity index (χ1) is 15.4. The minimum absolute atomic E-state index is 0.0105. The van der Waals surface area contributed by atoms with Crippen molar-refractivity contribution in [2.75, 3.05) is 13.1 Å². The van der Waals surface area contributed by atoms with Crippen LogP contribution in [0.5, 0.6) is 0 Å². The van der Waals surface area contributed by atoms with Gasteiger partial charge in [-0.1, -0.05) is 47.1 Å². The van der Waals surface area contributed by atoms with Crippen LogP contribution < -0.4 is 5.56 Å². The predicted octanol–water partition coefficient (Wildman–Crippen LogP) is 5.73. The lowest BCUT2D eigenvalue weighted by Crippen LogP contribution is -2.41. The number of amides is 1. The van der Waals surface area contributed by atoms with Crippen LogP contribution in [0.15, 0.2) is 57.8 Å². The van der Waals surface area contributed by atoms with Gasteiger partial charge in [0.15, 0.2) is 3.95 Å². The third-order valence-electron chi connectivity index (χ3n) is 6.20. The number of thiazole rings is 1. The van der Waals surface area contributed by atoms with Gasteiger partial charge < -0.3 is 4.90 Å². The van der Waals surface area contributed by atoms with Crippen molar-refractivity contribution >= 4 is 61.9 Å². The van der Waals surface area contributed by atoms with Crippen molar-refractivity contribution in [1.29, 1.82) is 0 Å². The van der Waals surface area contributed by atoms with Crippen LogP contribution in [0, 0.1) is 9.87 Å². The summed E-state index contributed by atoms with van der Waals surface area (Å²) >= 11 is 10.7. The second-order valence-corrected chi connectivity index (χ2v) is 10.9. The van der Waals surface area contributed by atoms with Gasteiger partial charge in [0.2, 0.25) is 5.91 Å². The van der Waals surface area contributed by atoms with Gasteiger partial charge in [-0.15, -0.1) is 11.3 Å². The number of piperidine rings is 1. The van der Waals surface area contributed by atoms with Gasteiger partial charge in [-0.05, 0) is 60.8 Å². The highest BCUT2D eigenvalue weighted by Gasteiger charge is 2.24. The van der Waals surface area contributed by atoms with Crippen LogP contribution in [-0.2, 0) is 11.3 Å². The summed E-state index contributed by atoms with van der Waals surface area (Å²) in [6, 6.07) is 15.4. The van der Waals surface area contributed by atoms with Crippen LogP contribution in [0.4, 0.5) is 0 Å². The first kappa shape index (κ1) is 21.6. The Balaban J connectivity index is 1.73. The van der Waals surface area contributed by atoms with Crippen molar-refractivity contribution in [3.05, 3.63) is 67.3 Å². The normalized spacial score (nSPS) is 15.0. The summed E-state index contributed by atoms with van der Waals surface area (Å²) in [7, 11) is 0. The van der Waals surface area contributed by atoms with Crippen LogP contribution in [0.2, 0.25) is 0 Å². The van der Waals surface area contributed by atoms with Crippen LogP contribution in [0.1, 0.15) is 19.8 Å². The van der Waals surface area contributed by atoms with Crippen molar-refractivity contribution in [2.24, 2.45) is 5.92 Å². The molecule has 1 aliphatic rings. The minimum atomic E-state index is -0.162. The number of nitrogens with zero attached hydrogens (tertiary/aromatic N) is 3. The first-order valence-electron chi connectivity index (χ1n) is 10.6. The zero-order valence-corrected chi connectivity index (χ0v) is 20.8. The molecule has 0 aliphatic carbocycles. The van der Waals surface area contributed by atoms with Gasteiger partial charge >= 0.3 is 0 Å². The molecule has 0 radical (unpaired) electrons. The van der Waals surface area contributed by atoms with Crippen molar-refractivity contribution in [1.82, 2.24) is 13.9 Å². The van der Waals surface area contributed by atoms with E-state index in [4.69, 9.17) is 12.2 Å². The highest BCUT2D eigenvalue weighted by Crippen LogP contribution is 2.34. The molecule has 32 heavy (non-hydrogen) atoms. The van der Waals surface area contributed by atoms with E-state index in [2.05, 4.69) is 22.9 Å². The van der Waals surface area contributed by atoms with Crippen LogP contribution >= 0.6 is 39.5 Å². The summed E-state index contributed by atoms with van der Waals surface area (Å²) in [4.78, 5) is 29.6. The second-order valence-electron chi connectivity index (χ2n) is 8.33. The lowest BCUT2D eigenvalue weighted by atomic mass is 9.99. The molecule has 0 bridgehead atoms. The Bertz CT molecular complexity index is 1440.